The number of benzene rings is 2. The third-order valence-corrected chi connectivity index (χ3v) is 4.90. The van der Waals surface area contributed by atoms with Crippen molar-refractivity contribution < 1.29 is 4.79 Å². The summed E-state index contributed by atoms with van der Waals surface area (Å²) in [4.78, 5) is 12.5. The third kappa shape index (κ3) is 7.43. The van der Waals surface area contributed by atoms with Gasteiger partial charge in [-0.3, -0.25) is 4.79 Å². The van der Waals surface area contributed by atoms with Gasteiger partial charge >= 0.3 is 0 Å². The molecule has 0 fully saturated rings. The summed E-state index contributed by atoms with van der Waals surface area (Å²) in [7, 11) is 0. The van der Waals surface area contributed by atoms with E-state index in [0.29, 0.717) is 6.42 Å². The highest BCUT2D eigenvalue weighted by molar-refractivity contribution is 5.77. The SMILES string of the molecule is CCCCCCCCCNC(=O)CC(c1ccccc1)c1ccccc1. The van der Waals surface area contributed by atoms with Crippen LogP contribution in [0.15, 0.2) is 60.7 Å². The van der Waals surface area contributed by atoms with Crippen molar-refractivity contribution in [2.24, 2.45) is 0 Å². The lowest BCUT2D eigenvalue weighted by atomic mass is 9.88. The molecule has 0 aliphatic heterocycles. The van der Waals surface area contributed by atoms with E-state index in [0.717, 1.165) is 13.0 Å². The molecule has 0 spiro atoms. The van der Waals surface area contributed by atoms with Crippen LogP contribution in [-0.4, -0.2) is 12.5 Å². The van der Waals surface area contributed by atoms with E-state index in [9.17, 15) is 4.79 Å². The van der Waals surface area contributed by atoms with Crippen molar-refractivity contribution in [1.82, 2.24) is 5.32 Å². The number of nitrogens with one attached hydrogen (secondary N) is 1. The minimum atomic E-state index is 0.117. The lowest BCUT2D eigenvalue weighted by Crippen LogP contribution is -2.26. The maximum Gasteiger partial charge on any atom is 0.220 e. The van der Waals surface area contributed by atoms with E-state index in [1.165, 1.54) is 49.7 Å². The van der Waals surface area contributed by atoms with Crippen molar-refractivity contribution >= 4 is 5.91 Å². The van der Waals surface area contributed by atoms with Gasteiger partial charge in [-0.15, -0.1) is 0 Å². The van der Waals surface area contributed by atoms with E-state index in [-0.39, 0.29) is 11.8 Å². The smallest absolute Gasteiger partial charge is 0.220 e. The minimum Gasteiger partial charge on any atom is -0.356 e. The molecule has 2 heteroatoms. The minimum absolute atomic E-state index is 0.117. The average Bonchev–Trinajstić information content (AvgIpc) is 2.69. The van der Waals surface area contributed by atoms with Crippen molar-refractivity contribution in [3.05, 3.63) is 71.8 Å². The highest BCUT2D eigenvalue weighted by atomic mass is 16.1. The summed E-state index contributed by atoms with van der Waals surface area (Å²) >= 11 is 0. The largest absolute Gasteiger partial charge is 0.356 e. The van der Waals surface area contributed by atoms with Gasteiger partial charge in [-0.1, -0.05) is 106 Å². The van der Waals surface area contributed by atoms with Gasteiger partial charge < -0.3 is 5.32 Å². The quantitative estimate of drug-likeness (QED) is 0.462. The predicted octanol–water partition coefficient (Wildman–Crippen LogP) is 6.08. The fourth-order valence-electron chi connectivity index (χ4n) is 3.37. The summed E-state index contributed by atoms with van der Waals surface area (Å²) < 4.78 is 0. The van der Waals surface area contributed by atoms with Gasteiger partial charge in [-0.2, -0.15) is 0 Å². The number of amides is 1. The van der Waals surface area contributed by atoms with Crippen molar-refractivity contribution in [1.29, 1.82) is 0 Å². The molecule has 2 aromatic rings. The number of carbonyl (C=O) groups excluding carboxylic acids is 1. The van der Waals surface area contributed by atoms with Crippen LogP contribution in [0.5, 0.6) is 0 Å². The van der Waals surface area contributed by atoms with Crippen LogP contribution in [0.25, 0.3) is 0 Å². The summed E-state index contributed by atoms with van der Waals surface area (Å²) in [6.45, 7) is 3.04. The Hall–Kier alpha value is -2.09. The first-order chi connectivity index (χ1) is 12.8. The van der Waals surface area contributed by atoms with E-state index >= 15 is 0 Å². The maximum absolute atomic E-state index is 12.5. The molecule has 1 N–H and O–H groups in total. The van der Waals surface area contributed by atoms with E-state index in [1.54, 1.807) is 0 Å². The fourth-order valence-corrected chi connectivity index (χ4v) is 3.37. The molecule has 0 aliphatic carbocycles. The van der Waals surface area contributed by atoms with Crippen LogP contribution in [0, 0.1) is 0 Å². The zero-order valence-electron chi connectivity index (χ0n) is 16.1. The molecule has 0 radical (unpaired) electrons. The van der Waals surface area contributed by atoms with Gasteiger partial charge in [0.2, 0.25) is 5.91 Å². The third-order valence-electron chi connectivity index (χ3n) is 4.90. The zero-order valence-corrected chi connectivity index (χ0v) is 16.1. The molecular formula is C24H33NO. The number of rotatable bonds is 12. The number of hydrogen-bond donors (Lipinski definition) is 1. The molecule has 0 unspecified atom stereocenters. The Labute approximate surface area is 159 Å². The molecule has 0 aromatic heterocycles. The molecule has 2 nitrogen and oxygen atoms in total. The van der Waals surface area contributed by atoms with Gasteiger partial charge in [0, 0.05) is 18.9 Å². The van der Waals surface area contributed by atoms with Crippen molar-refractivity contribution in [2.75, 3.05) is 6.54 Å². The lowest BCUT2D eigenvalue weighted by Gasteiger charge is -2.18. The first-order valence-corrected chi connectivity index (χ1v) is 10.2. The van der Waals surface area contributed by atoms with Crippen molar-refractivity contribution in [3.8, 4) is 0 Å². The van der Waals surface area contributed by atoms with E-state index in [2.05, 4.69) is 36.5 Å². The van der Waals surface area contributed by atoms with Crippen LogP contribution in [0.2, 0.25) is 0 Å². The summed E-state index contributed by atoms with van der Waals surface area (Å²) in [5.41, 5.74) is 2.40. The molecule has 0 heterocycles. The molecule has 140 valence electrons. The van der Waals surface area contributed by atoms with E-state index in [1.807, 2.05) is 36.4 Å². The van der Waals surface area contributed by atoms with Crippen molar-refractivity contribution in [3.63, 3.8) is 0 Å². The van der Waals surface area contributed by atoms with Crippen LogP contribution in [-0.2, 0) is 4.79 Å². The average molecular weight is 352 g/mol. The lowest BCUT2D eigenvalue weighted by molar-refractivity contribution is -0.121. The monoisotopic (exact) mass is 351 g/mol. The van der Waals surface area contributed by atoms with E-state index < -0.39 is 0 Å². The normalized spacial score (nSPS) is 10.8. The number of unbranched alkanes of at least 4 members (excludes halogenated alkanes) is 6. The fraction of sp³-hybridized carbons (Fsp3) is 0.458. The van der Waals surface area contributed by atoms with Crippen molar-refractivity contribution in [2.45, 2.75) is 64.2 Å². The van der Waals surface area contributed by atoms with Gasteiger partial charge in [0.05, 0.1) is 0 Å². The highest BCUT2D eigenvalue weighted by Gasteiger charge is 2.17. The summed E-state index contributed by atoms with van der Waals surface area (Å²) in [6.07, 6.45) is 9.39. The van der Waals surface area contributed by atoms with Gasteiger partial charge in [-0.05, 0) is 17.5 Å². The summed E-state index contributed by atoms with van der Waals surface area (Å²) in [5.74, 6) is 0.264. The summed E-state index contributed by atoms with van der Waals surface area (Å²) in [5, 5.41) is 3.12. The second-order valence-electron chi connectivity index (χ2n) is 7.05. The first-order valence-electron chi connectivity index (χ1n) is 10.2. The molecule has 0 aliphatic rings. The van der Waals surface area contributed by atoms with Gasteiger partial charge in [0.25, 0.3) is 0 Å². The molecule has 1 amide bonds. The molecule has 0 saturated carbocycles. The predicted molar refractivity (Wildman–Crippen MR) is 110 cm³/mol. The Balaban J connectivity index is 1.78. The number of carbonyl (C=O) groups is 1. The van der Waals surface area contributed by atoms with Crippen LogP contribution < -0.4 is 5.32 Å². The Morgan fingerprint density at radius 1 is 0.769 bits per heavy atom. The molecule has 0 atom stereocenters. The topological polar surface area (TPSA) is 29.1 Å². The first kappa shape index (κ1) is 20.2. The second kappa shape index (κ2) is 12.3. The zero-order chi connectivity index (χ0) is 18.5. The molecule has 0 bridgehead atoms. The molecule has 2 aromatic carbocycles. The van der Waals surface area contributed by atoms with Crippen LogP contribution >= 0.6 is 0 Å². The Morgan fingerprint density at radius 3 is 1.81 bits per heavy atom. The second-order valence-corrected chi connectivity index (χ2v) is 7.05. The van der Waals surface area contributed by atoms with Gasteiger partial charge in [0.1, 0.15) is 0 Å². The molecule has 0 saturated heterocycles. The Morgan fingerprint density at radius 2 is 1.27 bits per heavy atom. The maximum atomic E-state index is 12.5. The standard InChI is InChI=1S/C24H33NO/c1-2-3-4-5-6-7-14-19-25-24(26)20-23(21-15-10-8-11-16-21)22-17-12-9-13-18-22/h8-13,15-18,23H,2-7,14,19-20H2,1H3,(H,25,26). The van der Waals surface area contributed by atoms with Crippen LogP contribution in [0.1, 0.15) is 75.3 Å². The van der Waals surface area contributed by atoms with Crippen LogP contribution in [0.3, 0.4) is 0 Å². The summed E-state index contributed by atoms with van der Waals surface area (Å²) in [6, 6.07) is 20.7. The molecule has 26 heavy (non-hydrogen) atoms. The highest BCUT2D eigenvalue weighted by Crippen LogP contribution is 2.27. The van der Waals surface area contributed by atoms with Gasteiger partial charge in [0.15, 0.2) is 0 Å². The number of hydrogen-bond acceptors (Lipinski definition) is 1. The molecule has 2 rings (SSSR count). The van der Waals surface area contributed by atoms with Gasteiger partial charge in [-0.25, -0.2) is 0 Å². The Kier molecular flexibility index (Phi) is 9.56. The van der Waals surface area contributed by atoms with E-state index in [4.69, 9.17) is 0 Å². The molecular weight excluding hydrogens is 318 g/mol. The Bertz CT molecular complexity index is 569. The van der Waals surface area contributed by atoms with Crippen LogP contribution in [0.4, 0.5) is 0 Å².